The Morgan fingerprint density at radius 3 is 2.43 bits per heavy atom. The first kappa shape index (κ1) is 16.7. The molecule has 0 saturated heterocycles. The maximum Gasteiger partial charge on any atom is 0.323 e. The van der Waals surface area contributed by atoms with Gasteiger partial charge in [0.05, 0.1) is 13.7 Å². The Morgan fingerprint density at radius 2 is 1.90 bits per heavy atom. The number of carbonyl (C=O) groups excluding carboxylic acids is 1. The molecule has 1 aromatic carbocycles. The topological polar surface area (TPSA) is 76.1 Å². The molecule has 0 unspecified atom stereocenters. The van der Waals surface area contributed by atoms with E-state index in [1.54, 1.807) is 37.5 Å². The third-order valence-electron chi connectivity index (χ3n) is 2.74. The van der Waals surface area contributed by atoms with Gasteiger partial charge in [-0.05, 0) is 23.8 Å². The van der Waals surface area contributed by atoms with Crippen molar-refractivity contribution in [1.82, 2.24) is 4.90 Å². The summed E-state index contributed by atoms with van der Waals surface area (Å²) < 4.78 is 9.91. The Bertz CT molecular complexity index is 495. The first-order chi connectivity index (χ1) is 10.1. The maximum absolute atomic E-state index is 12.0. The van der Waals surface area contributed by atoms with Crippen molar-refractivity contribution in [2.24, 2.45) is 0 Å². The lowest BCUT2D eigenvalue weighted by Crippen LogP contribution is -2.36. The van der Waals surface area contributed by atoms with Gasteiger partial charge < -0.3 is 19.5 Å². The minimum absolute atomic E-state index is 0.231. The molecule has 0 bridgehead atoms. The molecule has 0 saturated carbocycles. The molecule has 0 heterocycles. The predicted molar refractivity (Wildman–Crippen MR) is 78.1 cm³/mol. The normalized spacial score (nSPS) is 10.6. The van der Waals surface area contributed by atoms with Gasteiger partial charge in [0, 0.05) is 19.7 Å². The average molecular weight is 293 g/mol. The summed E-state index contributed by atoms with van der Waals surface area (Å²) >= 11 is 0. The van der Waals surface area contributed by atoms with E-state index in [-0.39, 0.29) is 25.6 Å². The highest BCUT2D eigenvalue weighted by Crippen LogP contribution is 2.12. The molecular formula is C15H19NO5. The Hall–Kier alpha value is -2.34. The fourth-order valence-corrected chi connectivity index (χ4v) is 1.62. The number of hydrogen-bond acceptors (Lipinski definition) is 4. The average Bonchev–Trinajstić information content (AvgIpc) is 2.49. The predicted octanol–water partition coefficient (Wildman–Crippen LogP) is 1.27. The third kappa shape index (κ3) is 6.09. The maximum atomic E-state index is 12.0. The summed E-state index contributed by atoms with van der Waals surface area (Å²) in [6, 6.07) is 7.17. The molecule has 0 aliphatic carbocycles. The number of ether oxygens (including phenoxy) is 2. The zero-order chi connectivity index (χ0) is 15.7. The lowest BCUT2D eigenvalue weighted by molar-refractivity contribution is -0.143. The fraction of sp³-hybridized carbons (Fsp3) is 0.333. The second kappa shape index (κ2) is 8.76. The van der Waals surface area contributed by atoms with Crippen molar-refractivity contribution in [3.05, 3.63) is 35.9 Å². The van der Waals surface area contributed by atoms with Crippen LogP contribution in [0.4, 0.5) is 0 Å². The molecule has 1 N–H and O–H groups in total. The van der Waals surface area contributed by atoms with E-state index in [1.807, 2.05) is 0 Å². The van der Waals surface area contributed by atoms with E-state index in [4.69, 9.17) is 14.6 Å². The van der Waals surface area contributed by atoms with E-state index in [1.165, 1.54) is 18.1 Å². The van der Waals surface area contributed by atoms with Crippen molar-refractivity contribution in [2.75, 3.05) is 33.9 Å². The van der Waals surface area contributed by atoms with Crippen LogP contribution in [0.2, 0.25) is 0 Å². The van der Waals surface area contributed by atoms with E-state index < -0.39 is 5.97 Å². The van der Waals surface area contributed by atoms with Gasteiger partial charge in [-0.25, -0.2) is 0 Å². The second-order valence-electron chi connectivity index (χ2n) is 4.25. The van der Waals surface area contributed by atoms with Crippen LogP contribution in [0.15, 0.2) is 30.3 Å². The minimum Gasteiger partial charge on any atom is -0.497 e. The van der Waals surface area contributed by atoms with E-state index in [0.717, 1.165) is 11.3 Å². The molecule has 21 heavy (non-hydrogen) atoms. The molecule has 1 amide bonds. The largest absolute Gasteiger partial charge is 0.497 e. The van der Waals surface area contributed by atoms with Crippen molar-refractivity contribution in [3.63, 3.8) is 0 Å². The standard InChI is InChI=1S/C15H19NO5/c1-20-10-9-16(11-15(18)19)14(17)8-5-12-3-6-13(21-2)7-4-12/h3-8H,9-11H2,1-2H3,(H,18,19). The number of benzene rings is 1. The quantitative estimate of drug-likeness (QED) is 0.730. The van der Waals surface area contributed by atoms with E-state index in [0.29, 0.717) is 0 Å². The Labute approximate surface area is 123 Å². The zero-order valence-corrected chi connectivity index (χ0v) is 12.1. The van der Waals surface area contributed by atoms with Crippen LogP contribution >= 0.6 is 0 Å². The highest BCUT2D eigenvalue weighted by atomic mass is 16.5. The van der Waals surface area contributed by atoms with Gasteiger partial charge in [0.2, 0.25) is 5.91 Å². The summed E-state index contributed by atoms with van der Waals surface area (Å²) in [7, 11) is 3.07. The zero-order valence-electron chi connectivity index (χ0n) is 12.1. The minimum atomic E-state index is -1.06. The number of nitrogens with zero attached hydrogens (tertiary/aromatic N) is 1. The molecule has 0 aliphatic heterocycles. The van der Waals surface area contributed by atoms with Crippen molar-refractivity contribution in [1.29, 1.82) is 0 Å². The molecule has 0 radical (unpaired) electrons. The summed E-state index contributed by atoms with van der Waals surface area (Å²) in [5, 5.41) is 8.80. The van der Waals surface area contributed by atoms with Crippen LogP contribution < -0.4 is 4.74 Å². The van der Waals surface area contributed by atoms with Gasteiger partial charge in [0.25, 0.3) is 0 Å². The molecule has 1 aromatic rings. The Morgan fingerprint density at radius 1 is 1.24 bits per heavy atom. The lowest BCUT2D eigenvalue weighted by Gasteiger charge is -2.18. The molecule has 0 fully saturated rings. The lowest BCUT2D eigenvalue weighted by atomic mass is 10.2. The van der Waals surface area contributed by atoms with Gasteiger partial charge in [-0.15, -0.1) is 0 Å². The summed E-state index contributed by atoms with van der Waals surface area (Å²) in [6.45, 7) is 0.166. The molecule has 114 valence electrons. The van der Waals surface area contributed by atoms with Gasteiger partial charge >= 0.3 is 5.97 Å². The fourth-order valence-electron chi connectivity index (χ4n) is 1.62. The number of carboxylic acid groups (broad SMARTS) is 1. The van der Waals surface area contributed by atoms with E-state index in [2.05, 4.69) is 0 Å². The summed E-state index contributed by atoms with van der Waals surface area (Å²) in [5.41, 5.74) is 0.825. The van der Waals surface area contributed by atoms with Crippen LogP contribution in [-0.4, -0.2) is 55.8 Å². The summed E-state index contributed by atoms with van der Waals surface area (Å²) in [4.78, 5) is 23.9. The monoisotopic (exact) mass is 293 g/mol. The van der Waals surface area contributed by atoms with E-state index in [9.17, 15) is 9.59 Å². The van der Waals surface area contributed by atoms with Gasteiger partial charge in [-0.2, -0.15) is 0 Å². The molecular weight excluding hydrogens is 274 g/mol. The third-order valence-corrected chi connectivity index (χ3v) is 2.74. The Kier molecular flexibility index (Phi) is 6.97. The van der Waals surface area contributed by atoms with Gasteiger partial charge in [0.15, 0.2) is 0 Å². The molecule has 6 nitrogen and oxygen atoms in total. The first-order valence-corrected chi connectivity index (χ1v) is 6.38. The number of carbonyl (C=O) groups is 2. The Balaban J connectivity index is 2.69. The molecule has 6 heteroatoms. The van der Waals surface area contributed by atoms with Crippen LogP contribution in [0.25, 0.3) is 6.08 Å². The number of rotatable bonds is 8. The number of amides is 1. The summed E-state index contributed by atoms with van der Waals surface area (Å²) in [5.74, 6) is -0.700. The second-order valence-corrected chi connectivity index (χ2v) is 4.25. The molecule has 1 rings (SSSR count). The van der Waals surface area contributed by atoms with Gasteiger partial charge in [-0.1, -0.05) is 12.1 Å². The smallest absolute Gasteiger partial charge is 0.323 e. The van der Waals surface area contributed by atoms with Crippen LogP contribution in [-0.2, 0) is 14.3 Å². The van der Waals surface area contributed by atoms with Crippen LogP contribution in [0.5, 0.6) is 5.75 Å². The van der Waals surface area contributed by atoms with E-state index >= 15 is 0 Å². The van der Waals surface area contributed by atoms with Crippen LogP contribution in [0, 0.1) is 0 Å². The SMILES string of the molecule is COCCN(CC(=O)O)C(=O)C=Cc1ccc(OC)cc1. The van der Waals surface area contributed by atoms with Crippen molar-refractivity contribution >= 4 is 18.0 Å². The highest BCUT2D eigenvalue weighted by Gasteiger charge is 2.13. The number of hydrogen-bond donors (Lipinski definition) is 1. The van der Waals surface area contributed by atoms with Crippen molar-refractivity contribution in [3.8, 4) is 5.75 Å². The number of carboxylic acids is 1. The molecule has 0 atom stereocenters. The van der Waals surface area contributed by atoms with Crippen molar-refractivity contribution in [2.45, 2.75) is 0 Å². The summed E-state index contributed by atoms with van der Waals surface area (Å²) in [6.07, 6.45) is 2.98. The van der Waals surface area contributed by atoms with Gasteiger partial charge in [0.1, 0.15) is 12.3 Å². The number of aliphatic carboxylic acids is 1. The van der Waals surface area contributed by atoms with Crippen molar-refractivity contribution < 1.29 is 24.2 Å². The van der Waals surface area contributed by atoms with Crippen LogP contribution in [0.3, 0.4) is 0 Å². The molecule has 0 aliphatic rings. The van der Waals surface area contributed by atoms with Gasteiger partial charge in [-0.3, -0.25) is 9.59 Å². The van der Waals surface area contributed by atoms with Crippen LogP contribution in [0.1, 0.15) is 5.56 Å². The number of methoxy groups -OCH3 is 2. The highest BCUT2D eigenvalue weighted by molar-refractivity contribution is 5.93. The molecule has 0 spiro atoms. The first-order valence-electron chi connectivity index (χ1n) is 6.38. The molecule has 0 aromatic heterocycles.